The normalized spacial score (nSPS) is 40.4. The number of rotatable bonds is 2. The van der Waals surface area contributed by atoms with E-state index in [0.29, 0.717) is 0 Å². The van der Waals surface area contributed by atoms with Crippen molar-refractivity contribution in [2.45, 2.75) is 82.7 Å². The lowest BCUT2D eigenvalue weighted by Crippen LogP contribution is -2.36. The van der Waals surface area contributed by atoms with Crippen LogP contribution in [0, 0.1) is 5.92 Å². The first-order chi connectivity index (χ1) is 8.26. The van der Waals surface area contributed by atoms with Crippen LogP contribution in [0.4, 0.5) is 0 Å². The highest BCUT2D eigenvalue weighted by Gasteiger charge is 2.55. The molecule has 2 saturated carbocycles. The van der Waals surface area contributed by atoms with E-state index in [1.165, 1.54) is 38.5 Å². The van der Waals surface area contributed by atoms with E-state index in [1.807, 2.05) is 0 Å². The summed E-state index contributed by atoms with van der Waals surface area (Å²) < 4.78 is 6.27. The van der Waals surface area contributed by atoms with E-state index < -0.39 is 5.79 Å². The molecule has 3 rings (SSSR count). The van der Waals surface area contributed by atoms with Gasteiger partial charge in [-0.05, 0) is 25.2 Å². The molecule has 0 aromatic rings. The van der Waals surface area contributed by atoms with Gasteiger partial charge in [-0.15, -0.1) is 0 Å². The van der Waals surface area contributed by atoms with E-state index in [1.54, 1.807) is 0 Å². The quantitative estimate of drug-likeness (QED) is 0.685. The molecule has 3 nitrogen and oxygen atoms in total. The first-order valence-corrected chi connectivity index (χ1v) is 7.33. The van der Waals surface area contributed by atoms with Crippen LogP contribution in [-0.4, -0.2) is 11.6 Å². The molecule has 2 unspecified atom stereocenters. The summed E-state index contributed by atoms with van der Waals surface area (Å²) in [5, 5.41) is 0. The van der Waals surface area contributed by atoms with Gasteiger partial charge in [0.2, 0.25) is 11.6 Å². The molecule has 2 atom stereocenters. The lowest BCUT2D eigenvalue weighted by Gasteiger charge is -2.30. The molecular weight excluding hydrogens is 216 g/mol. The van der Waals surface area contributed by atoms with E-state index in [0.717, 1.165) is 31.6 Å². The van der Waals surface area contributed by atoms with Gasteiger partial charge < -0.3 is 4.74 Å². The van der Waals surface area contributed by atoms with Crippen molar-refractivity contribution in [1.82, 2.24) is 0 Å². The zero-order valence-corrected chi connectivity index (χ0v) is 10.9. The maximum absolute atomic E-state index is 6.27. The van der Waals surface area contributed by atoms with Crippen LogP contribution in [0.15, 0.2) is 0 Å². The van der Waals surface area contributed by atoms with Crippen molar-refractivity contribution in [3.8, 4) is 0 Å². The molecule has 1 aliphatic heterocycles. The topological polar surface area (TPSA) is 27.7 Å². The Morgan fingerprint density at radius 2 is 1.76 bits per heavy atom. The summed E-state index contributed by atoms with van der Waals surface area (Å²) >= 11 is 0. The fourth-order valence-corrected chi connectivity index (χ4v) is 3.69. The SMILES string of the molecule is CCCC1CCC2(C1)OOC1(CCCCC1)O2. The molecule has 0 amide bonds. The van der Waals surface area contributed by atoms with Crippen LogP contribution < -0.4 is 0 Å². The van der Waals surface area contributed by atoms with Gasteiger partial charge in [0.25, 0.3) is 0 Å². The van der Waals surface area contributed by atoms with Crippen molar-refractivity contribution < 1.29 is 14.5 Å². The molecule has 2 aliphatic carbocycles. The third-order valence-electron chi connectivity index (χ3n) is 4.56. The van der Waals surface area contributed by atoms with E-state index in [2.05, 4.69) is 6.92 Å². The van der Waals surface area contributed by atoms with E-state index in [-0.39, 0.29) is 5.79 Å². The zero-order valence-electron chi connectivity index (χ0n) is 10.9. The summed E-state index contributed by atoms with van der Waals surface area (Å²) in [4.78, 5) is 11.3. The molecule has 3 heteroatoms. The Hall–Kier alpha value is -0.120. The highest BCUT2D eigenvalue weighted by Crippen LogP contribution is 2.51. The Morgan fingerprint density at radius 3 is 2.53 bits per heavy atom. The second kappa shape index (κ2) is 4.52. The van der Waals surface area contributed by atoms with Crippen molar-refractivity contribution in [2.24, 2.45) is 5.92 Å². The van der Waals surface area contributed by atoms with Gasteiger partial charge in [-0.3, -0.25) is 0 Å². The predicted molar refractivity (Wildman–Crippen MR) is 64.1 cm³/mol. The Labute approximate surface area is 104 Å². The second-order valence-corrected chi connectivity index (χ2v) is 6.05. The van der Waals surface area contributed by atoms with Crippen molar-refractivity contribution >= 4 is 0 Å². The van der Waals surface area contributed by atoms with Crippen LogP contribution in [0.1, 0.15) is 71.1 Å². The Bertz CT molecular complexity index is 273. The molecule has 0 bridgehead atoms. The number of ether oxygens (including phenoxy) is 1. The summed E-state index contributed by atoms with van der Waals surface area (Å²) in [5.74, 6) is -0.0152. The minimum absolute atomic E-state index is 0.390. The van der Waals surface area contributed by atoms with E-state index >= 15 is 0 Å². The Kier molecular flexibility index (Phi) is 3.18. The molecule has 0 radical (unpaired) electrons. The largest absolute Gasteiger partial charge is 0.312 e. The predicted octanol–water partition coefficient (Wildman–Crippen LogP) is 3.92. The molecule has 0 aromatic carbocycles. The molecule has 1 heterocycles. The fourth-order valence-electron chi connectivity index (χ4n) is 3.69. The van der Waals surface area contributed by atoms with Gasteiger partial charge in [0.05, 0.1) is 0 Å². The molecule has 3 aliphatic rings. The van der Waals surface area contributed by atoms with Gasteiger partial charge in [0, 0.05) is 25.7 Å². The first kappa shape index (κ1) is 11.9. The van der Waals surface area contributed by atoms with Crippen LogP contribution >= 0.6 is 0 Å². The van der Waals surface area contributed by atoms with Crippen molar-refractivity contribution in [1.29, 1.82) is 0 Å². The summed E-state index contributed by atoms with van der Waals surface area (Å²) in [7, 11) is 0. The maximum Gasteiger partial charge on any atom is 0.205 e. The summed E-state index contributed by atoms with van der Waals surface area (Å²) in [6, 6.07) is 0. The van der Waals surface area contributed by atoms with Gasteiger partial charge in [0.1, 0.15) is 0 Å². The van der Waals surface area contributed by atoms with Crippen molar-refractivity contribution in [3.63, 3.8) is 0 Å². The zero-order chi connectivity index (χ0) is 11.8. The summed E-state index contributed by atoms with van der Waals surface area (Å²) in [5.41, 5.74) is 0. The third kappa shape index (κ3) is 2.25. The molecule has 1 saturated heterocycles. The van der Waals surface area contributed by atoms with Crippen LogP contribution in [-0.2, 0) is 14.5 Å². The van der Waals surface area contributed by atoms with Crippen molar-refractivity contribution in [2.75, 3.05) is 0 Å². The average molecular weight is 240 g/mol. The van der Waals surface area contributed by atoms with Gasteiger partial charge >= 0.3 is 0 Å². The lowest BCUT2D eigenvalue weighted by molar-refractivity contribution is -0.353. The van der Waals surface area contributed by atoms with Crippen LogP contribution in [0.3, 0.4) is 0 Å². The minimum atomic E-state index is -0.392. The van der Waals surface area contributed by atoms with E-state index in [9.17, 15) is 0 Å². The summed E-state index contributed by atoms with van der Waals surface area (Å²) in [6.07, 6.45) is 11.6. The number of hydrogen-bond donors (Lipinski definition) is 0. The summed E-state index contributed by atoms with van der Waals surface area (Å²) in [6.45, 7) is 2.25. The molecule has 0 N–H and O–H groups in total. The maximum atomic E-state index is 6.27. The van der Waals surface area contributed by atoms with Gasteiger partial charge in [-0.1, -0.05) is 26.2 Å². The van der Waals surface area contributed by atoms with Crippen LogP contribution in [0.25, 0.3) is 0 Å². The number of hydrogen-bond acceptors (Lipinski definition) is 3. The minimum Gasteiger partial charge on any atom is -0.312 e. The Morgan fingerprint density at radius 1 is 1.00 bits per heavy atom. The average Bonchev–Trinajstić information content (AvgIpc) is 2.87. The standard InChI is InChI=1S/C14H24O3/c1-2-6-12-7-10-14(11-12)15-13(16-17-14)8-4-3-5-9-13/h12H,2-11H2,1H3. The van der Waals surface area contributed by atoms with E-state index in [4.69, 9.17) is 14.5 Å². The molecule has 17 heavy (non-hydrogen) atoms. The van der Waals surface area contributed by atoms with Gasteiger partial charge in [0.15, 0.2) is 0 Å². The highest BCUT2D eigenvalue weighted by molar-refractivity contribution is 4.89. The van der Waals surface area contributed by atoms with Gasteiger partial charge in [-0.2, -0.15) is 9.78 Å². The Balaban J connectivity index is 1.63. The van der Waals surface area contributed by atoms with Crippen LogP contribution in [0.2, 0.25) is 0 Å². The highest BCUT2D eigenvalue weighted by atomic mass is 17.3. The van der Waals surface area contributed by atoms with Crippen molar-refractivity contribution in [3.05, 3.63) is 0 Å². The molecule has 2 spiro atoms. The van der Waals surface area contributed by atoms with Gasteiger partial charge in [-0.25, -0.2) is 0 Å². The third-order valence-corrected chi connectivity index (χ3v) is 4.56. The molecule has 3 fully saturated rings. The monoisotopic (exact) mass is 240 g/mol. The lowest BCUT2D eigenvalue weighted by atomic mass is 9.94. The second-order valence-electron chi connectivity index (χ2n) is 6.05. The molecule has 98 valence electrons. The fraction of sp³-hybridized carbons (Fsp3) is 1.00. The molecular formula is C14H24O3. The molecule has 0 aromatic heterocycles. The first-order valence-electron chi connectivity index (χ1n) is 7.33. The van der Waals surface area contributed by atoms with Crippen LogP contribution in [0.5, 0.6) is 0 Å². The smallest absolute Gasteiger partial charge is 0.205 e.